The van der Waals surface area contributed by atoms with Gasteiger partial charge in [-0.15, -0.1) is 0 Å². The molecule has 0 amide bonds. The van der Waals surface area contributed by atoms with Crippen LogP contribution in [0.1, 0.15) is 26.7 Å². The summed E-state index contributed by atoms with van der Waals surface area (Å²) in [5.74, 6) is 0. The van der Waals surface area contributed by atoms with Crippen LogP contribution < -0.4 is 5.32 Å². The average molecular weight is 268 g/mol. The van der Waals surface area contributed by atoms with Gasteiger partial charge in [0.15, 0.2) is 0 Å². The molecular formula is C15H32N4. The fourth-order valence-electron chi connectivity index (χ4n) is 3.10. The molecule has 112 valence electrons. The number of nitrogens with one attached hydrogen (secondary N) is 1. The lowest BCUT2D eigenvalue weighted by atomic mass is 10.2. The Balaban J connectivity index is 1.51. The summed E-state index contributed by atoms with van der Waals surface area (Å²) in [6, 6.07) is 1.44. The SMILES string of the molecule is CC(C)N1CCC(NCCCN2CCN(C)CC2)C1. The van der Waals surface area contributed by atoms with Gasteiger partial charge in [0, 0.05) is 44.8 Å². The van der Waals surface area contributed by atoms with E-state index >= 15 is 0 Å². The summed E-state index contributed by atoms with van der Waals surface area (Å²) in [6.07, 6.45) is 2.62. The fraction of sp³-hybridized carbons (Fsp3) is 1.00. The van der Waals surface area contributed by atoms with Crippen molar-refractivity contribution in [3.63, 3.8) is 0 Å². The monoisotopic (exact) mass is 268 g/mol. The van der Waals surface area contributed by atoms with Crippen molar-refractivity contribution in [3.05, 3.63) is 0 Å². The van der Waals surface area contributed by atoms with Crippen LogP contribution in [0.15, 0.2) is 0 Å². The molecule has 1 unspecified atom stereocenters. The van der Waals surface area contributed by atoms with Crippen LogP contribution in [-0.4, -0.2) is 86.2 Å². The molecule has 19 heavy (non-hydrogen) atoms. The maximum Gasteiger partial charge on any atom is 0.0207 e. The molecule has 0 radical (unpaired) electrons. The number of rotatable bonds is 6. The summed E-state index contributed by atoms with van der Waals surface area (Å²) in [7, 11) is 2.22. The van der Waals surface area contributed by atoms with Gasteiger partial charge < -0.3 is 15.1 Å². The fourth-order valence-corrected chi connectivity index (χ4v) is 3.10. The Hall–Kier alpha value is -0.160. The predicted molar refractivity (Wildman–Crippen MR) is 81.7 cm³/mol. The van der Waals surface area contributed by atoms with Crippen molar-refractivity contribution < 1.29 is 0 Å². The Morgan fingerprint density at radius 2 is 1.84 bits per heavy atom. The van der Waals surface area contributed by atoms with E-state index in [4.69, 9.17) is 0 Å². The molecule has 2 fully saturated rings. The highest BCUT2D eigenvalue weighted by Gasteiger charge is 2.23. The van der Waals surface area contributed by atoms with Crippen molar-refractivity contribution >= 4 is 0 Å². The molecule has 4 nitrogen and oxygen atoms in total. The zero-order valence-electron chi connectivity index (χ0n) is 13.1. The molecule has 1 atom stereocenters. The van der Waals surface area contributed by atoms with Crippen molar-refractivity contribution in [1.29, 1.82) is 0 Å². The summed E-state index contributed by atoms with van der Waals surface area (Å²) >= 11 is 0. The van der Waals surface area contributed by atoms with Crippen LogP contribution in [0.25, 0.3) is 0 Å². The quantitative estimate of drug-likeness (QED) is 0.716. The van der Waals surface area contributed by atoms with Crippen LogP contribution in [0.3, 0.4) is 0 Å². The molecular weight excluding hydrogens is 236 g/mol. The third kappa shape index (κ3) is 5.03. The average Bonchev–Trinajstić information content (AvgIpc) is 2.86. The first-order chi connectivity index (χ1) is 9.15. The van der Waals surface area contributed by atoms with Crippen LogP contribution in [-0.2, 0) is 0 Å². The second-order valence-corrected chi connectivity index (χ2v) is 6.53. The maximum atomic E-state index is 3.74. The van der Waals surface area contributed by atoms with Gasteiger partial charge in [-0.2, -0.15) is 0 Å². The molecule has 2 saturated heterocycles. The third-order valence-corrected chi connectivity index (χ3v) is 4.63. The first kappa shape index (κ1) is 15.2. The molecule has 0 aromatic rings. The molecule has 0 bridgehead atoms. The lowest BCUT2D eigenvalue weighted by Gasteiger charge is -2.32. The highest BCUT2D eigenvalue weighted by molar-refractivity contribution is 4.82. The maximum absolute atomic E-state index is 3.74. The van der Waals surface area contributed by atoms with Crippen LogP contribution in [0, 0.1) is 0 Å². The highest BCUT2D eigenvalue weighted by atomic mass is 15.2. The second kappa shape index (κ2) is 7.58. The van der Waals surface area contributed by atoms with Gasteiger partial charge in [0.05, 0.1) is 0 Å². The van der Waals surface area contributed by atoms with Gasteiger partial charge in [-0.3, -0.25) is 4.90 Å². The van der Waals surface area contributed by atoms with Gasteiger partial charge in [0.25, 0.3) is 0 Å². The minimum Gasteiger partial charge on any atom is -0.313 e. The Morgan fingerprint density at radius 1 is 1.11 bits per heavy atom. The molecule has 4 heteroatoms. The first-order valence-corrected chi connectivity index (χ1v) is 8.03. The molecule has 0 aromatic carbocycles. The van der Waals surface area contributed by atoms with E-state index in [9.17, 15) is 0 Å². The van der Waals surface area contributed by atoms with Crippen molar-refractivity contribution in [2.45, 2.75) is 38.8 Å². The number of piperazine rings is 1. The van der Waals surface area contributed by atoms with Crippen LogP contribution in [0.2, 0.25) is 0 Å². The largest absolute Gasteiger partial charge is 0.313 e. The van der Waals surface area contributed by atoms with Gasteiger partial charge in [-0.05, 0) is 53.4 Å². The summed E-state index contributed by atoms with van der Waals surface area (Å²) in [5.41, 5.74) is 0. The van der Waals surface area contributed by atoms with E-state index in [1.54, 1.807) is 0 Å². The molecule has 2 aliphatic heterocycles. The van der Waals surface area contributed by atoms with Gasteiger partial charge in [-0.1, -0.05) is 0 Å². The van der Waals surface area contributed by atoms with E-state index in [0.29, 0.717) is 6.04 Å². The number of hydrogen-bond donors (Lipinski definition) is 1. The van der Waals surface area contributed by atoms with Crippen molar-refractivity contribution in [3.8, 4) is 0 Å². The van der Waals surface area contributed by atoms with E-state index in [2.05, 4.69) is 40.9 Å². The van der Waals surface area contributed by atoms with E-state index < -0.39 is 0 Å². The van der Waals surface area contributed by atoms with E-state index in [-0.39, 0.29) is 0 Å². The molecule has 0 aliphatic carbocycles. The zero-order chi connectivity index (χ0) is 13.7. The Bertz CT molecular complexity index is 249. The summed E-state index contributed by atoms with van der Waals surface area (Å²) < 4.78 is 0. The van der Waals surface area contributed by atoms with Gasteiger partial charge in [0.1, 0.15) is 0 Å². The predicted octanol–water partition coefficient (Wildman–Crippen LogP) is 0.696. The summed E-state index contributed by atoms with van der Waals surface area (Å²) in [4.78, 5) is 7.61. The normalized spacial score (nSPS) is 27.5. The van der Waals surface area contributed by atoms with Crippen molar-refractivity contribution in [2.24, 2.45) is 0 Å². The molecule has 2 heterocycles. The smallest absolute Gasteiger partial charge is 0.0207 e. The highest BCUT2D eigenvalue weighted by Crippen LogP contribution is 2.12. The summed E-state index contributed by atoms with van der Waals surface area (Å²) in [6.45, 7) is 14.5. The molecule has 0 saturated carbocycles. The Labute approximate surface area is 119 Å². The van der Waals surface area contributed by atoms with Crippen LogP contribution in [0.5, 0.6) is 0 Å². The summed E-state index contributed by atoms with van der Waals surface area (Å²) in [5, 5.41) is 3.74. The van der Waals surface area contributed by atoms with E-state index in [0.717, 1.165) is 6.04 Å². The van der Waals surface area contributed by atoms with Crippen LogP contribution >= 0.6 is 0 Å². The van der Waals surface area contributed by atoms with Crippen LogP contribution in [0.4, 0.5) is 0 Å². The molecule has 2 aliphatic rings. The van der Waals surface area contributed by atoms with Gasteiger partial charge in [-0.25, -0.2) is 0 Å². The topological polar surface area (TPSA) is 21.8 Å². The minimum atomic E-state index is 0.706. The lowest BCUT2D eigenvalue weighted by molar-refractivity contribution is 0.152. The minimum absolute atomic E-state index is 0.706. The number of likely N-dealkylation sites (N-methyl/N-ethyl adjacent to an activating group) is 1. The number of hydrogen-bond acceptors (Lipinski definition) is 4. The molecule has 0 aromatic heterocycles. The Morgan fingerprint density at radius 3 is 2.47 bits per heavy atom. The standard InChI is InChI=1S/C15H32N4/c1-14(2)19-8-5-15(13-19)16-6-4-7-18-11-9-17(3)10-12-18/h14-16H,4-13H2,1-3H3. The zero-order valence-corrected chi connectivity index (χ0v) is 13.1. The first-order valence-electron chi connectivity index (χ1n) is 8.03. The Kier molecular flexibility index (Phi) is 6.07. The number of likely N-dealkylation sites (tertiary alicyclic amines) is 1. The molecule has 1 N–H and O–H groups in total. The van der Waals surface area contributed by atoms with Gasteiger partial charge in [0.2, 0.25) is 0 Å². The van der Waals surface area contributed by atoms with E-state index in [1.807, 2.05) is 0 Å². The number of nitrogens with zero attached hydrogens (tertiary/aromatic N) is 3. The third-order valence-electron chi connectivity index (χ3n) is 4.63. The molecule has 2 rings (SSSR count). The second-order valence-electron chi connectivity index (χ2n) is 6.53. The van der Waals surface area contributed by atoms with Crippen molar-refractivity contribution in [2.75, 3.05) is 59.4 Å². The van der Waals surface area contributed by atoms with Gasteiger partial charge >= 0.3 is 0 Å². The van der Waals surface area contributed by atoms with E-state index in [1.165, 1.54) is 65.2 Å². The van der Waals surface area contributed by atoms with Crippen molar-refractivity contribution in [1.82, 2.24) is 20.0 Å². The lowest BCUT2D eigenvalue weighted by Crippen LogP contribution is -2.45. The molecule has 0 spiro atoms.